The van der Waals surface area contributed by atoms with E-state index in [-0.39, 0.29) is 0 Å². The standard InChI is InChI=1S/C15H22N4/c1-4-16-10-12(2)13(3)15-11-17-18-19(15)14-8-6-5-7-9-14/h5-9,11-13,16H,4,10H2,1-3H3. The fourth-order valence-electron chi connectivity index (χ4n) is 2.16. The first-order chi connectivity index (χ1) is 9.24. The molecule has 4 nitrogen and oxygen atoms in total. The SMILES string of the molecule is CCNCC(C)C(C)c1cnnn1-c1ccccc1. The van der Waals surface area contributed by atoms with Gasteiger partial charge in [0, 0.05) is 5.92 Å². The molecule has 0 fully saturated rings. The molecule has 2 unspecified atom stereocenters. The van der Waals surface area contributed by atoms with Gasteiger partial charge >= 0.3 is 0 Å². The highest BCUT2D eigenvalue weighted by Gasteiger charge is 2.19. The fraction of sp³-hybridized carbons (Fsp3) is 0.467. The monoisotopic (exact) mass is 258 g/mol. The van der Waals surface area contributed by atoms with Crippen LogP contribution < -0.4 is 5.32 Å². The van der Waals surface area contributed by atoms with Crippen LogP contribution in [-0.2, 0) is 0 Å². The third kappa shape index (κ3) is 3.20. The molecule has 0 aliphatic heterocycles. The number of hydrogen-bond donors (Lipinski definition) is 1. The van der Waals surface area contributed by atoms with Crippen molar-refractivity contribution in [1.82, 2.24) is 20.3 Å². The van der Waals surface area contributed by atoms with Crippen molar-refractivity contribution in [2.75, 3.05) is 13.1 Å². The Labute approximate surface area is 114 Å². The largest absolute Gasteiger partial charge is 0.317 e. The molecule has 0 aliphatic carbocycles. The van der Waals surface area contributed by atoms with Crippen LogP contribution >= 0.6 is 0 Å². The molecule has 1 N–H and O–H groups in total. The van der Waals surface area contributed by atoms with Crippen LogP contribution in [-0.4, -0.2) is 28.1 Å². The molecular formula is C15H22N4. The summed E-state index contributed by atoms with van der Waals surface area (Å²) in [4.78, 5) is 0. The molecule has 19 heavy (non-hydrogen) atoms. The van der Waals surface area contributed by atoms with Gasteiger partial charge in [-0.2, -0.15) is 0 Å². The lowest BCUT2D eigenvalue weighted by Crippen LogP contribution is -2.25. The van der Waals surface area contributed by atoms with Crippen LogP contribution in [0.3, 0.4) is 0 Å². The normalized spacial score (nSPS) is 14.3. The van der Waals surface area contributed by atoms with Gasteiger partial charge in [0.15, 0.2) is 0 Å². The summed E-state index contributed by atoms with van der Waals surface area (Å²) in [6.45, 7) is 8.65. The molecule has 1 aromatic heterocycles. The second-order valence-electron chi connectivity index (χ2n) is 4.98. The topological polar surface area (TPSA) is 42.7 Å². The number of nitrogens with one attached hydrogen (secondary N) is 1. The van der Waals surface area contributed by atoms with E-state index in [9.17, 15) is 0 Å². The summed E-state index contributed by atoms with van der Waals surface area (Å²) in [5.41, 5.74) is 2.23. The Kier molecular flexibility index (Phi) is 4.68. The van der Waals surface area contributed by atoms with E-state index in [2.05, 4.69) is 48.5 Å². The number of hydrogen-bond acceptors (Lipinski definition) is 3. The molecule has 1 aromatic carbocycles. The van der Waals surface area contributed by atoms with Crippen LogP contribution in [0.5, 0.6) is 0 Å². The number of aromatic nitrogens is 3. The predicted molar refractivity (Wildman–Crippen MR) is 77.5 cm³/mol. The zero-order chi connectivity index (χ0) is 13.7. The lowest BCUT2D eigenvalue weighted by molar-refractivity contribution is 0.440. The Hall–Kier alpha value is -1.68. The second-order valence-corrected chi connectivity index (χ2v) is 4.98. The third-order valence-corrected chi connectivity index (χ3v) is 3.61. The smallest absolute Gasteiger partial charge is 0.0732 e. The minimum absolute atomic E-state index is 0.411. The van der Waals surface area contributed by atoms with Crippen molar-refractivity contribution in [2.45, 2.75) is 26.7 Å². The molecule has 2 aromatic rings. The van der Waals surface area contributed by atoms with E-state index >= 15 is 0 Å². The molecule has 0 bridgehead atoms. The van der Waals surface area contributed by atoms with Gasteiger partial charge in [0.25, 0.3) is 0 Å². The van der Waals surface area contributed by atoms with Crippen molar-refractivity contribution in [2.24, 2.45) is 5.92 Å². The fourth-order valence-corrected chi connectivity index (χ4v) is 2.16. The Morgan fingerprint density at radius 3 is 2.63 bits per heavy atom. The van der Waals surface area contributed by atoms with Gasteiger partial charge in [0.2, 0.25) is 0 Å². The Morgan fingerprint density at radius 2 is 1.95 bits per heavy atom. The number of rotatable bonds is 6. The Balaban J connectivity index is 2.20. The summed E-state index contributed by atoms with van der Waals surface area (Å²) in [6, 6.07) is 10.2. The van der Waals surface area contributed by atoms with E-state index in [0.717, 1.165) is 24.5 Å². The Morgan fingerprint density at radius 1 is 1.21 bits per heavy atom. The minimum atomic E-state index is 0.411. The van der Waals surface area contributed by atoms with Gasteiger partial charge < -0.3 is 5.32 Å². The van der Waals surface area contributed by atoms with Gasteiger partial charge in [-0.3, -0.25) is 0 Å². The van der Waals surface area contributed by atoms with Crippen molar-refractivity contribution in [3.63, 3.8) is 0 Å². The lowest BCUT2D eigenvalue weighted by atomic mass is 9.93. The molecule has 4 heteroatoms. The van der Waals surface area contributed by atoms with E-state index in [0.29, 0.717) is 11.8 Å². The molecule has 0 saturated carbocycles. The first-order valence-corrected chi connectivity index (χ1v) is 6.90. The summed E-state index contributed by atoms with van der Waals surface area (Å²) >= 11 is 0. The van der Waals surface area contributed by atoms with E-state index < -0.39 is 0 Å². The number of benzene rings is 1. The first kappa shape index (κ1) is 13.7. The molecule has 0 radical (unpaired) electrons. The molecule has 2 rings (SSSR count). The molecule has 2 atom stereocenters. The van der Waals surface area contributed by atoms with Gasteiger partial charge in [0.1, 0.15) is 0 Å². The summed E-state index contributed by atoms with van der Waals surface area (Å²) in [5.74, 6) is 0.954. The zero-order valence-electron chi connectivity index (χ0n) is 11.9. The van der Waals surface area contributed by atoms with Gasteiger partial charge in [-0.05, 0) is 31.1 Å². The maximum atomic E-state index is 4.22. The molecule has 102 valence electrons. The van der Waals surface area contributed by atoms with Crippen molar-refractivity contribution in [3.8, 4) is 5.69 Å². The molecule has 1 heterocycles. The average molecular weight is 258 g/mol. The van der Waals surface area contributed by atoms with Crippen molar-refractivity contribution < 1.29 is 0 Å². The van der Waals surface area contributed by atoms with Crippen LogP contribution in [0.4, 0.5) is 0 Å². The Bertz CT molecular complexity index is 492. The maximum absolute atomic E-state index is 4.22. The van der Waals surface area contributed by atoms with Crippen LogP contribution in [0.1, 0.15) is 32.4 Å². The molecule has 0 amide bonds. The molecule has 0 spiro atoms. The van der Waals surface area contributed by atoms with Crippen molar-refractivity contribution >= 4 is 0 Å². The van der Waals surface area contributed by atoms with E-state index in [1.165, 1.54) is 0 Å². The average Bonchev–Trinajstić information content (AvgIpc) is 2.94. The van der Waals surface area contributed by atoms with Crippen LogP contribution in [0, 0.1) is 5.92 Å². The van der Waals surface area contributed by atoms with Gasteiger partial charge in [-0.1, -0.05) is 44.2 Å². The van der Waals surface area contributed by atoms with Crippen molar-refractivity contribution in [1.29, 1.82) is 0 Å². The van der Waals surface area contributed by atoms with Crippen LogP contribution in [0.15, 0.2) is 36.5 Å². The maximum Gasteiger partial charge on any atom is 0.0732 e. The zero-order valence-corrected chi connectivity index (χ0v) is 11.9. The summed E-state index contributed by atoms with van der Waals surface area (Å²) < 4.78 is 1.94. The van der Waals surface area contributed by atoms with Crippen molar-refractivity contribution in [3.05, 3.63) is 42.2 Å². The van der Waals surface area contributed by atoms with Gasteiger partial charge in [-0.15, -0.1) is 5.10 Å². The summed E-state index contributed by atoms with van der Waals surface area (Å²) in [6.07, 6.45) is 1.88. The third-order valence-electron chi connectivity index (χ3n) is 3.61. The number of para-hydroxylation sites is 1. The highest BCUT2D eigenvalue weighted by molar-refractivity contribution is 5.32. The number of nitrogens with zero attached hydrogens (tertiary/aromatic N) is 3. The second kappa shape index (κ2) is 6.48. The highest BCUT2D eigenvalue weighted by atomic mass is 15.4. The molecule has 0 saturated heterocycles. The highest BCUT2D eigenvalue weighted by Crippen LogP contribution is 2.24. The van der Waals surface area contributed by atoms with Crippen LogP contribution in [0.25, 0.3) is 5.69 Å². The van der Waals surface area contributed by atoms with Gasteiger partial charge in [0.05, 0.1) is 17.6 Å². The summed E-state index contributed by atoms with van der Waals surface area (Å²) in [5, 5.41) is 11.7. The van der Waals surface area contributed by atoms with E-state index in [1.54, 1.807) is 0 Å². The van der Waals surface area contributed by atoms with E-state index in [4.69, 9.17) is 0 Å². The lowest BCUT2D eigenvalue weighted by Gasteiger charge is -2.20. The minimum Gasteiger partial charge on any atom is -0.317 e. The summed E-state index contributed by atoms with van der Waals surface area (Å²) in [7, 11) is 0. The van der Waals surface area contributed by atoms with Crippen LogP contribution in [0.2, 0.25) is 0 Å². The van der Waals surface area contributed by atoms with Gasteiger partial charge in [-0.25, -0.2) is 4.68 Å². The van der Waals surface area contributed by atoms with E-state index in [1.807, 2.05) is 29.1 Å². The molecule has 0 aliphatic rings. The quantitative estimate of drug-likeness (QED) is 0.866. The molecular weight excluding hydrogens is 236 g/mol. The first-order valence-electron chi connectivity index (χ1n) is 6.90. The predicted octanol–water partition coefficient (Wildman–Crippen LogP) is 2.62.